The molecule has 0 bridgehead atoms. The molecule has 2 aliphatic heterocycles. The molecule has 2 aromatic rings. The van der Waals surface area contributed by atoms with Crippen LogP contribution in [0.25, 0.3) is 6.08 Å². The summed E-state index contributed by atoms with van der Waals surface area (Å²) in [6.45, 7) is 4.32. The number of nitrogens with zero attached hydrogens (tertiary/aromatic N) is 3. The number of amidine groups is 2. The maximum atomic E-state index is 12.6. The standard InChI is InChI=1S/C22H19ClN4O2S/c1-13(2)21-26-27-19(24)16(20(28)25-22(27)30-21)11-14-7-4-6-10-18(14)29-12-15-8-3-5-9-17(15)23/h3-11,13,24H,12H2,1-2H3/b16-11+,24-19?. The zero-order valence-electron chi connectivity index (χ0n) is 16.4. The van der Waals surface area contributed by atoms with Crippen LogP contribution in [0.4, 0.5) is 0 Å². The number of carbonyl (C=O) groups is 1. The number of fused-ring (bicyclic) bond motifs is 1. The molecule has 1 amide bonds. The van der Waals surface area contributed by atoms with E-state index < -0.39 is 5.91 Å². The topological polar surface area (TPSA) is 78.1 Å². The molecule has 2 aliphatic rings. The molecule has 0 radical (unpaired) electrons. The van der Waals surface area contributed by atoms with Gasteiger partial charge in [-0.25, -0.2) is 0 Å². The average Bonchev–Trinajstić information content (AvgIpc) is 3.16. The molecule has 0 unspecified atom stereocenters. The summed E-state index contributed by atoms with van der Waals surface area (Å²) in [5.74, 6) is 0.328. The quantitative estimate of drug-likeness (QED) is 0.651. The van der Waals surface area contributed by atoms with Gasteiger partial charge in [0, 0.05) is 22.1 Å². The minimum absolute atomic E-state index is 0.00839. The highest BCUT2D eigenvalue weighted by atomic mass is 35.5. The Bertz CT molecular complexity index is 1120. The maximum Gasteiger partial charge on any atom is 0.283 e. The molecule has 0 fully saturated rings. The highest BCUT2D eigenvalue weighted by molar-refractivity contribution is 8.27. The number of thioether (sulfide) groups is 1. The Balaban J connectivity index is 1.62. The molecule has 1 N–H and O–H groups in total. The third-order valence-corrected chi connectivity index (χ3v) is 6.10. The Labute approximate surface area is 183 Å². The number of aliphatic imine (C=N–C) groups is 1. The van der Waals surface area contributed by atoms with Crippen molar-refractivity contribution in [2.45, 2.75) is 20.5 Å². The summed E-state index contributed by atoms with van der Waals surface area (Å²) in [4.78, 5) is 16.7. The van der Waals surface area contributed by atoms with Gasteiger partial charge < -0.3 is 4.74 Å². The smallest absolute Gasteiger partial charge is 0.283 e. The van der Waals surface area contributed by atoms with E-state index in [1.165, 1.54) is 16.8 Å². The van der Waals surface area contributed by atoms with E-state index in [2.05, 4.69) is 10.1 Å². The first-order valence-corrected chi connectivity index (χ1v) is 10.6. The predicted molar refractivity (Wildman–Crippen MR) is 122 cm³/mol. The van der Waals surface area contributed by atoms with Crippen LogP contribution in [0.2, 0.25) is 5.02 Å². The molecule has 4 rings (SSSR count). The normalized spacial score (nSPS) is 17.3. The van der Waals surface area contributed by atoms with E-state index in [1.54, 1.807) is 6.08 Å². The van der Waals surface area contributed by atoms with E-state index >= 15 is 0 Å². The number of hydrogen-bond acceptors (Lipinski definition) is 5. The van der Waals surface area contributed by atoms with E-state index in [9.17, 15) is 4.79 Å². The van der Waals surface area contributed by atoms with E-state index in [0.29, 0.717) is 28.1 Å². The van der Waals surface area contributed by atoms with Crippen LogP contribution in [-0.2, 0) is 11.4 Å². The fourth-order valence-corrected chi connectivity index (χ4v) is 3.98. The van der Waals surface area contributed by atoms with Crippen molar-refractivity contribution in [2.24, 2.45) is 16.0 Å². The van der Waals surface area contributed by atoms with Gasteiger partial charge in [0.05, 0.1) is 5.57 Å². The number of ether oxygens (including phenoxy) is 1. The molecule has 30 heavy (non-hydrogen) atoms. The van der Waals surface area contributed by atoms with Crippen LogP contribution < -0.4 is 4.74 Å². The first kappa shape index (κ1) is 20.4. The van der Waals surface area contributed by atoms with Gasteiger partial charge in [0.1, 0.15) is 17.4 Å². The van der Waals surface area contributed by atoms with Crippen molar-refractivity contribution in [3.63, 3.8) is 0 Å². The van der Waals surface area contributed by atoms with Crippen LogP contribution in [0.5, 0.6) is 5.75 Å². The van der Waals surface area contributed by atoms with Gasteiger partial charge in [-0.15, -0.1) is 0 Å². The number of nitrogens with one attached hydrogen (secondary N) is 1. The van der Waals surface area contributed by atoms with Gasteiger partial charge in [0.2, 0.25) is 5.17 Å². The number of hydrazone groups is 1. The zero-order chi connectivity index (χ0) is 21.3. The van der Waals surface area contributed by atoms with Crippen molar-refractivity contribution in [1.82, 2.24) is 5.01 Å². The summed E-state index contributed by atoms with van der Waals surface area (Å²) in [7, 11) is 0. The Morgan fingerprint density at radius 3 is 2.70 bits per heavy atom. The van der Waals surface area contributed by atoms with Gasteiger partial charge in [-0.05, 0) is 30.0 Å². The lowest BCUT2D eigenvalue weighted by atomic mass is 10.1. The lowest BCUT2D eigenvalue weighted by molar-refractivity contribution is -0.114. The molecule has 8 heteroatoms. The van der Waals surface area contributed by atoms with Crippen molar-refractivity contribution in [1.29, 1.82) is 5.41 Å². The van der Waals surface area contributed by atoms with Crippen molar-refractivity contribution >= 4 is 51.4 Å². The molecule has 152 valence electrons. The number of hydrogen-bond donors (Lipinski definition) is 1. The largest absolute Gasteiger partial charge is 0.488 e. The second-order valence-corrected chi connectivity index (χ2v) is 8.43. The molecule has 0 saturated heterocycles. The summed E-state index contributed by atoms with van der Waals surface area (Å²) in [5.41, 5.74) is 1.71. The summed E-state index contributed by atoms with van der Waals surface area (Å²) < 4.78 is 5.96. The van der Waals surface area contributed by atoms with Gasteiger partial charge in [0.15, 0.2) is 5.84 Å². The molecular formula is C22H19ClN4O2S. The van der Waals surface area contributed by atoms with Crippen LogP contribution in [0.15, 0.2) is 64.2 Å². The molecule has 0 aromatic heterocycles. The van der Waals surface area contributed by atoms with E-state index in [0.717, 1.165) is 10.6 Å². The third-order valence-electron chi connectivity index (χ3n) is 4.52. The predicted octanol–water partition coefficient (Wildman–Crippen LogP) is 5.19. The third kappa shape index (κ3) is 4.04. The van der Waals surface area contributed by atoms with E-state index in [4.69, 9.17) is 21.7 Å². The van der Waals surface area contributed by atoms with Crippen LogP contribution in [-0.4, -0.2) is 27.0 Å². The van der Waals surface area contributed by atoms with Gasteiger partial charge >= 0.3 is 0 Å². The highest BCUT2D eigenvalue weighted by Gasteiger charge is 2.36. The van der Waals surface area contributed by atoms with Crippen LogP contribution >= 0.6 is 23.4 Å². The first-order valence-electron chi connectivity index (χ1n) is 9.39. The Morgan fingerprint density at radius 2 is 1.93 bits per heavy atom. The fraction of sp³-hybridized carbons (Fsp3) is 0.182. The van der Waals surface area contributed by atoms with Crippen molar-refractivity contribution < 1.29 is 9.53 Å². The maximum absolute atomic E-state index is 12.6. The van der Waals surface area contributed by atoms with Crippen LogP contribution in [0, 0.1) is 11.3 Å². The number of benzene rings is 2. The Kier molecular flexibility index (Phi) is 5.74. The molecule has 0 spiro atoms. The highest BCUT2D eigenvalue weighted by Crippen LogP contribution is 2.32. The van der Waals surface area contributed by atoms with Gasteiger partial charge in [-0.1, -0.05) is 61.8 Å². The summed E-state index contributed by atoms with van der Waals surface area (Å²) >= 11 is 7.54. The molecule has 0 saturated carbocycles. The molecule has 0 atom stereocenters. The Morgan fingerprint density at radius 1 is 1.20 bits per heavy atom. The van der Waals surface area contributed by atoms with Crippen molar-refractivity contribution in [2.75, 3.05) is 0 Å². The number of carbonyl (C=O) groups excluding carboxylic acids is 1. The second kappa shape index (κ2) is 8.45. The molecular weight excluding hydrogens is 420 g/mol. The van der Waals surface area contributed by atoms with Crippen LogP contribution in [0.1, 0.15) is 25.0 Å². The average molecular weight is 439 g/mol. The monoisotopic (exact) mass is 438 g/mol. The van der Waals surface area contributed by atoms with Crippen molar-refractivity contribution in [3.8, 4) is 5.75 Å². The van der Waals surface area contributed by atoms with Gasteiger partial charge in [-0.2, -0.15) is 15.1 Å². The second-order valence-electron chi connectivity index (χ2n) is 7.03. The number of rotatable bonds is 5. The molecule has 0 aliphatic carbocycles. The summed E-state index contributed by atoms with van der Waals surface area (Å²) in [6, 6.07) is 14.8. The minimum atomic E-state index is -0.458. The van der Waals surface area contributed by atoms with E-state index in [-0.39, 0.29) is 17.3 Å². The lowest BCUT2D eigenvalue weighted by Gasteiger charge is -2.20. The van der Waals surface area contributed by atoms with Crippen LogP contribution in [0.3, 0.4) is 0 Å². The van der Waals surface area contributed by atoms with Gasteiger partial charge in [0.25, 0.3) is 5.91 Å². The summed E-state index contributed by atoms with van der Waals surface area (Å²) in [5, 5.41) is 16.2. The first-order chi connectivity index (χ1) is 14.4. The fourth-order valence-electron chi connectivity index (χ4n) is 2.90. The molecule has 2 aromatic carbocycles. The number of halogens is 1. The number of amides is 1. The number of para-hydroxylation sites is 1. The SMILES string of the molecule is CC(C)C1=NN2C(=N)/C(=C\c3ccccc3OCc3ccccc3Cl)C(=O)N=C2S1. The van der Waals surface area contributed by atoms with E-state index in [1.807, 2.05) is 62.4 Å². The lowest BCUT2D eigenvalue weighted by Crippen LogP contribution is -2.35. The Hall–Kier alpha value is -2.90. The minimum Gasteiger partial charge on any atom is -0.488 e. The van der Waals surface area contributed by atoms with Gasteiger partial charge in [-0.3, -0.25) is 10.2 Å². The zero-order valence-corrected chi connectivity index (χ0v) is 18.0. The summed E-state index contributed by atoms with van der Waals surface area (Å²) in [6.07, 6.45) is 1.63. The molecule has 2 heterocycles. The van der Waals surface area contributed by atoms with Crippen molar-refractivity contribution in [3.05, 3.63) is 70.3 Å². The molecule has 6 nitrogen and oxygen atoms in total.